The minimum atomic E-state index is 0.368. The summed E-state index contributed by atoms with van der Waals surface area (Å²) in [5, 5.41) is 4.34. The summed E-state index contributed by atoms with van der Waals surface area (Å²) in [5.74, 6) is 2.33. The Kier molecular flexibility index (Phi) is 5.23. The molecule has 106 valence electrons. The Morgan fingerprint density at radius 2 is 1.95 bits per heavy atom. The maximum absolute atomic E-state index is 5.94. The van der Waals surface area contributed by atoms with Crippen LogP contribution in [0.5, 0.6) is 0 Å². The van der Waals surface area contributed by atoms with Gasteiger partial charge in [0, 0.05) is 6.20 Å². The van der Waals surface area contributed by atoms with E-state index in [9.17, 15) is 0 Å². The highest BCUT2D eigenvalue weighted by Crippen LogP contribution is 2.39. The third-order valence-electron chi connectivity index (χ3n) is 4.18. The third-order valence-corrected chi connectivity index (χ3v) is 4.40. The predicted molar refractivity (Wildman–Crippen MR) is 81.3 cm³/mol. The molecule has 0 amide bonds. The van der Waals surface area contributed by atoms with Crippen LogP contribution in [0.4, 0.5) is 0 Å². The molecule has 0 bridgehead atoms. The first kappa shape index (κ1) is 14.8. The summed E-state index contributed by atoms with van der Waals surface area (Å²) in [6, 6.07) is 4.39. The predicted octanol–water partition coefficient (Wildman–Crippen LogP) is 4.46. The van der Waals surface area contributed by atoms with Gasteiger partial charge in [0.15, 0.2) is 0 Å². The van der Waals surface area contributed by atoms with E-state index in [1.807, 2.05) is 6.07 Å². The summed E-state index contributed by atoms with van der Waals surface area (Å²) in [4.78, 5) is 4.53. The Balaban J connectivity index is 2.16. The molecule has 1 fully saturated rings. The molecule has 1 aromatic rings. The fourth-order valence-electron chi connectivity index (χ4n) is 3.59. The van der Waals surface area contributed by atoms with Crippen molar-refractivity contribution in [2.45, 2.75) is 46.1 Å². The first-order valence-electron chi connectivity index (χ1n) is 7.45. The molecule has 0 aliphatic heterocycles. The highest BCUT2D eigenvalue weighted by Gasteiger charge is 2.31. The highest BCUT2D eigenvalue weighted by atomic mass is 35.5. The Morgan fingerprint density at radius 3 is 2.47 bits per heavy atom. The van der Waals surface area contributed by atoms with Crippen LogP contribution in [0.3, 0.4) is 0 Å². The van der Waals surface area contributed by atoms with Crippen LogP contribution in [0.1, 0.15) is 51.8 Å². The largest absolute Gasteiger partial charge is 0.309 e. The molecule has 1 heterocycles. The van der Waals surface area contributed by atoms with Crippen molar-refractivity contribution in [3.05, 3.63) is 29.0 Å². The quantitative estimate of drug-likeness (QED) is 0.881. The zero-order chi connectivity index (χ0) is 13.8. The van der Waals surface area contributed by atoms with Crippen molar-refractivity contribution < 1.29 is 0 Å². The summed E-state index contributed by atoms with van der Waals surface area (Å²) in [5.41, 5.74) is 1.14. The van der Waals surface area contributed by atoms with Crippen LogP contribution in [0, 0.1) is 17.8 Å². The van der Waals surface area contributed by atoms with Crippen molar-refractivity contribution in [2.75, 3.05) is 6.54 Å². The van der Waals surface area contributed by atoms with Crippen molar-refractivity contribution in [2.24, 2.45) is 17.8 Å². The molecule has 3 heteroatoms. The number of nitrogens with zero attached hydrogens (tertiary/aromatic N) is 1. The lowest BCUT2D eigenvalue weighted by molar-refractivity contribution is 0.175. The normalized spacial score (nSPS) is 29.2. The average Bonchev–Trinajstić information content (AvgIpc) is 2.36. The van der Waals surface area contributed by atoms with Gasteiger partial charge in [0.2, 0.25) is 0 Å². The number of hydrogen-bond donors (Lipinski definition) is 1. The second kappa shape index (κ2) is 6.71. The lowest BCUT2D eigenvalue weighted by Crippen LogP contribution is -2.33. The number of aromatic nitrogens is 1. The van der Waals surface area contributed by atoms with Crippen molar-refractivity contribution in [1.82, 2.24) is 10.3 Å². The smallest absolute Gasteiger partial charge is 0.0589 e. The van der Waals surface area contributed by atoms with E-state index in [1.54, 1.807) is 6.20 Å². The maximum Gasteiger partial charge on any atom is 0.0589 e. The molecule has 1 aromatic heterocycles. The van der Waals surface area contributed by atoms with Gasteiger partial charge < -0.3 is 5.32 Å². The first-order valence-corrected chi connectivity index (χ1v) is 7.82. The maximum atomic E-state index is 5.94. The molecule has 1 aliphatic carbocycles. The monoisotopic (exact) mass is 280 g/mol. The van der Waals surface area contributed by atoms with Crippen LogP contribution in [0.25, 0.3) is 0 Å². The van der Waals surface area contributed by atoms with E-state index >= 15 is 0 Å². The summed E-state index contributed by atoms with van der Waals surface area (Å²) >= 11 is 5.94. The molecule has 2 rings (SSSR count). The van der Waals surface area contributed by atoms with E-state index in [0.717, 1.165) is 24.1 Å². The van der Waals surface area contributed by atoms with Crippen LogP contribution in [-0.2, 0) is 0 Å². The van der Waals surface area contributed by atoms with Crippen molar-refractivity contribution >= 4 is 11.6 Å². The number of nitrogens with one attached hydrogen (secondary N) is 1. The lowest BCUT2D eigenvalue weighted by Gasteiger charge is -2.36. The molecule has 3 unspecified atom stereocenters. The van der Waals surface area contributed by atoms with Gasteiger partial charge in [-0.05, 0) is 55.7 Å². The summed E-state index contributed by atoms with van der Waals surface area (Å²) < 4.78 is 0. The summed E-state index contributed by atoms with van der Waals surface area (Å²) in [7, 11) is 0. The molecule has 0 saturated heterocycles. The fraction of sp³-hybridized carbons (Fsp3) is 0.688. The molecule has 0 spiro atoms. The second-order valence-electron chi connectivity index (χ2n) is 6.11. The van der Waals surface area contributed by atoms with Crippen LogP contribution < -0.4 is 5.32 Å². The van der Waals surface area contributed by atoms with Gasteiger partial charge in [-0.2, -0.15) is 0 Å². The molecular formula is C16H25ClN2. The topological polar surface area (TPSA) is 24.9 Å². The lowest BCUT2D eigenvalue weighted by atomic mass is 9.73. The van der Waals surface area contributed by atoms with Gasteiger partial charge in [-0.1, -0.05) is 32.4 Å². The minimum Gasteiger partial charge on any atom is -0.309 e. The molecule has 3 atom stereocenters. The molecule has 1 N–H and O–H groups in total. The van der Waals surface area contributed by atoms with Gasteiger partial charge in [-0.15, -0.1) is 0 Å². The van der Waals surface area contributed by atoms with E-state index in [-0.39, 0.29) is 0 Å². The van der Waals surface area contributed by atoms with Crippen LogP contribution >= 0.6 is 11.6 Å². The SMILES string of the molecule is CCNC(c1ccc(Cl)cn1)C1CC(C)CC(C)C1. The van der Waals surface area contributed by atoms with E-state index < -0.39 is 0 Å². The van der Waals surface area contributed by atoms with Crippen molar-refractivity contribution in [3.8, 4) is 0 Å². The van der Waals surface area contributed by atoms with E-state index in [0.29, 0.717) is 17.0 Å². The number of hydrogen-bond acceptors (Lipinski definition) is 2. The summed E-state index contributed by atoms with van der Waals surface area (Å²) in [6.45, 7) is 7.90. The van der Waals surface area contributed by atoms with Gasteiger partial charge in [0.1, 0.15) is 0 Å². The molecule has 19 heavy (non-hydrogen) atoms. The fourth-order valence-corrected chi connectivity index (χ4v) is 3.70. The number of rotatable bonds is 4. The highest BCUT2D eigenvalue weighted by molar-refractivity contribution is 6.30. The van der Waals surface area contributed by atoms with Gasteiger partial charge in [0.25, 0.3) is 0 Å². The van der Waals surface area contributed by atoms with Gasteiger partial charge in [-0.3, -0.25) is 4.98 Å². The van der Waals surface area contributed by atoms with Gasteiger partial charge >= 0.3 is 0 Å². The number of halogens is 1. The Morgan fingerprint density at radius 1 is 1.26 bits per heavy atom. The standard InChI is InChI=1S/C16H25ClN2/c1-4-18-16(15-6-5-14(17)10-19-15)13-8-11(2)7-12(3)9-13/h5-6,10-13,16,18H,4,7-9H2,1-3H3. The molecule has 0 radical (unpaired) electrons. The van der Waals surface area contributed by atoms with Crippen LogP contribution in [0.2, 0.25) is 5.02 Å². The Hall–Kier alpha value is -0.600. The first-order chi connectivity index (χ1) is 9.10. The average molecular weight is 281 g/mol. The number of pyridine rings is 1. The van der Waals surface area contributed by atoms with Crippen molar-refractivity contribution in [3.63, 3.8) is 0 Å². The second-order valence-corrected chi connectivity index (χ2v) is 6.55. The Labute approximate surface area is 122 Å². The zero-order valence-corrected chi connectivity index (χ0v) is 13.0. The molecule has 1 aliphatic rings. The molecule has 2 nitrogen and oxygen atoms in total. The zero-order valence-electron chi connectivity index (χ0n) is 12.2. The van der Waals surface area contributed by atoms with E-state index in [2.05, 4.69) is 37.1 Å². The third kappa shape index (κ3) is 3.93. The van der Waals surface area contributed by atoms with Gasteiger partial charge in [0.05, 0.1) is 16.8 Å². The molecular weight excluding hydrogens is 256 g/mol. The van der Waals surface area contributed by atoms with Gasteiger partial charge in [-0.25, -0.2) is 0 Å². The van der Waals surface area contributed by atoms with E-state index in [4.69, 9.17) is 11.6 Å². The van der Waals surface area contributed by atoms with Crippen LogP contribution in [0.15, 0.2) is 18.3 Å². The van der Waals surface area contributed by atoms with Crippen LogP contribution in [-0.4, -0.2) is 11.5 Å². The Bertz CT molecular complexity index is 380. The minimum absolute atomic E-state index is 0.368. The van der Waals surface area contributed by atoms with E-state index in [1.165, 1.54) is 19.3 Å². The molecule has 0 aromatic carbocycles. The molecule has 1 saturated carbocycles. The summed E-state index contributed by atoms with van der Waals surface area (Å²) in [6.07, 6.45) is 5.72. The van der Waals surface area contributed by atoms with Crippen molar-refractivity contribution in [1.29, 1.82) is 0 Å².